The number of nitrogens with zero attached hydrogens (tertiary/aromatic N) is 4. The van der Waals surface area contributed by atoms with Crippen molar-refractivity contribution in [1.82, 2.24) is 20.1 Å². The molecule has 1 aromatic carbocycles. The van der Waals surface area contributed by atoms with Crippen molar-refractivity contribution in [2.75, 3.05) is 11.4 Å². The summed E-state index contributed by atoms with van der Waals surface area (Å²) < 4.78 is 2.02. The van der Waals surface area contributed by atoms with Gasteiger partial charge in [-0.15, -0.1) is 21.5 Å². The third kappa shape index (κ3) is 3.99. The van der Waals surface area contributed by atoms with E-state index in [4.69, 9.17) is 0 Å². The van der Waals surface area contributed by atoms with Crippen molar-refractivity contribution in [3.8, 4) is 0 Å². The number of amides is 2. The van der Waals surface area contributed by atoms with Gasteiger partial charge in [0.05, 0.1) is 12.0 Å². The van der Waals surface area contributed by atoms with E-state index in [-0.39, 0.29) is 24.3 Å². The van der Waals surface area contributed by atoms with Gasteiger partial charge in [0.25, 0.3) is 0 Å². The summed E-state index contributed by atoms with van der Waals surface area (Å²) in [6.07, 6.45) is 4.26. The minimum absolute atomic E-state index is 0.0165. The fourth-order valence-electron chi connectivity index (χ4n) is 4.29. The van der Waals surface area contributed by atoms with E-state index in [1.807, 2.05) is 53.3 Å². The van der Waals surface area contributed by atoms with Gasteiger partial charge in [0.2, 0.25) is 11.8 Å². The van der Waals surface area contributed by atoms with Gasteiger partial charge < -0.3 is 14.8 Å². The molecule has 2 amide bonds. The summed E-state index contributed by atoms with van der Waals surface area (Å²) in [5.74, 6) is 1.00. The standard InChI is InChI=1S/C23H25N5O2S/c1-15-4-8-17(9-5-15)28-20(29)13-18(21(28)19-3-2-12-31-19)23(30)24-10-11-27-14-25-26-22(27)16-6-7-16/h2-5,8-9,12,14,16,18,21H,6-7,10-11,13H2,1H3,(H,24,30). The number of aryl methyl sites for hydroxylation is 1. The van der Waals surface area contributed by atoms with Crippen LogP contribution in [0.2, 0.25) is 0 Å². The van der Waals surface area contributed by atoms with Gasteiger partial charge in [-0.25, -0.2) is 0 Å². The molecule has 1 aliphatic heterocycles. The summed E-state index contributed by atoms with van der Waals surface area (Å²) in [6.45, 7) is 3.15. The number of benzene rings is 1. The van der Waals surface area contributed by atoms with Crippen molar-refractivity contribution in [3.63, 3.8) is 0 Å². The van der Waals surface area contributed by atoms with E-state index >= 15 is 0 Å². The molecule has 0 bridgehead atoms. The summed E-state index contributed by atoms with van der Waals surface area (Å²) in [7, 11) is 0. The maximum atomic E-state index is 13.2. The van der Waals surface area contributed by atoms with Gasteiger partial charge >= 0.3 is 0 Å². The maximum absolute atomic E-state index is 13.2. The quantitative estimate of drug-likeness (QED) is 0.617. The lowest BCUT2D eigenvalue weighted by molar-refractivity contribution is -0.126. The summed E-state index contributed by atoms with van der Waals surface area (Å²) in [5.41, 5.74) is 1.97. The lowest BCUT2D eigenvalue weighted by Crippen LogP contribution is -2.36. The minimum atomic E-state index is -0.420. The molecule has 7 nitrogen and oxygen atoms in total. The molecule has 31 heavy (non-hydrogen) atoms. The number of nitrogens with one attached hydrogen (secondary N) is 1. The van der Waals surface area contributed by atoms with Gasteiger partial charge in [0, 0.05) is 36.0 Å². The number of hydrogen-bond donors (Lipinski definition) is 1. The molecule has 0 radical (unpaired) electrons. The topological polar surface area (TPSA) is 80.1 Å². The zero-order valence-corrected chi connectivity index (χ0v) is 18.2. The number of rotatable bonds is 7. The normalized spacial score (nSPS) is 20.9. The molecule has 0 spiro atoms. The lowest BCUT2D eigenvalue weighted by Gasteiger charge is -2.27. The summed E-state index contributed by atoms with van der Waals surface area (Å²) in [5, 5.41) is 13.3. The van der Waals surface area contributed by atoms with Gasteiger partial charge in [-0.1, -0.05) is 23.8 Å². The van der Waals surface area contributed by atoms with Gasteiger partial charge in [-0.3, -0.25) is 9.59 Å². The van der Waals surface area contributed by atoms with Crippen LogP contribution in [0.4, 0.5) is 5.69 Å². The van der Waals surface area contributed by atoms with Crippen LogP contribution < -0.4 is 10.2 Å². The Bertz CT molecular complexity index is 1070. The van der Waals surface area contributed by atoms with Gasteiger partial charge in [-0.05, 0) is 43.3 Å². The maximum Gasteiger partial charge on any atom is 0.228 e. The largest absolute Gasteiger partial charge is 0.354 e. The molecule has 2 aromatic heterocycles. The zero-order valence-electron chi connectivity index (χ0n) is 17.4. The van der Waals surface area contributed by atoms with Crippen molar-refractivity contribution in [3.05, 3.63) is 64.4 Å². The molecule has 160 valence electrons. The second kappa shape index (κ2) is 8.26. The van der Waals surface area contributed by atoms with Crippen LogP contribution in [0.3, 0.4) is 0 Å². The fraction of sp³-hybridized carbons (Fsp3) is 0.391. The molecule has 8 heteroatoms. The first-order valence-electron chi connectivity index (χ1n) is 10.7. The highest BCUT2D eigenvalue weighted by Crippen LogP contribution is 2.43. The van der Waals surface area contributed by atoms with Gasteiger partial charge in [0.1, 0.15) is 12.2 Å². The van der Waals surface area contributed by atoms with E-state index in [2.05, 4.69) is 15.5 Å². The predicted molar refractivity (Wildman–Crippen MR) is 119 cm³/mol. The van der Waals surface area contributed by atoms with Crippen LogP contribution in [0.15, 0.2) is 48.1 Å². The highest BCUT2D eigenvalue weighted by Gasteiger charge is 2.45. The Morgan fingerprint density at radius 2 is 2.03 bits per heavy atom. The number of thiophene rings is 1. The zero-order chi connectivity index (χ0) is 21.4. The van der Waals surface area contributed by atoms with Crippen molar-refractivity contribution < 1.29 is 9.59 Å². The average molecular weight is 436 g/mol. The highest BCUT2D eigenvalue weighted by atomic mass is 32.1. The lowest BCUT2D eigenvalue weighted by atomic mass is 9.97. The number of hydrogen-bond acceptors (Lipinski definition) is 5. The van der Waals surface area contributed by atoms with Crippen molar-refractivity contribution in [2.45, 2.75) is 44.7 Å². The number of aromatic nitrogens is 3. The number of carbonyl (C=O) groups is 2. The molecule has 1 N–H and O–H groups in total. The van der Waals surface area contributed by atoms with Gasteiger partial charge in [0.15, 0.2) is 0 Å². The van der Waals surface area contributed by atoms with Crippen LogP contribution in [-0.4, -0.2) is 33.1 Å². The third-order valence-corrected chi connectivity index (χ3v) is 6.99. The van der Waals surface area contributed by atoms with Crippen LogP contribution in [0, 0.1) is 12.8 Å². The first kappa shape index (κ1) is 19.9. The third-order valence-electron chi connectivity index (χ3n) is 6.05. The van der Waals surface area contributed by atoms with E-state index < -0.39 is 5.92 Å². The Morgan fingerprint density at radius 1 is 1.23 bits per heavy atom. The SMILES string of the molecule is Cc1ccc(N2C(=O)CC(C(=O)NCCn3cnnc3C3CC3)C2c2cccs2)cc1. The first-order chi connectivity index (χ1) is 15.1. The molecule has 2 unspecified atom stereocenters. The Hall–Kier alpha value is -3.00. The second-order valence-corrected chi connectivity index (χ2v) is 9.30. The van der Waals surface area contributed by atoms with E-state index in [0.717, 1.165) is 34.8 Å². The Kier molecular flexibility index (Phi) is 5.31. The van der Waals surface area contributed by atoms with Crippen LogP contribution in [0.5, 0.6) is 0 Å². The summed E-state index contributed by atoms with van der Waals surface area (Å²) >= 11 is 1.58. The van der Waals surface area contributed by atoms with E-state index in [0.29, 0.717) is 19.0 Å². The van der Waals surface area contributed by atoms with Crippen LogP contribution in [0.25, 0.3) is 0 Å². The van der Waals surface area contributed by atoms with Crippen molar-refractivity contribution in [2.24, 2.45) is 5.92 Å². The molecule has 1 saturated carbocycles. The average Bonchev–Trinajstić information content (AvgIpc) is 3.15. The predicted octanol–water partition coefficient (Wildman–Crippen LogP) is 3.44. The molecule has 3 heterocycles. The monoisotopic (exact) mass is 435 g/mol. The molecular weight excluding hydrogens is 410 g/mol. The smallest absolute Gasteiger partial charge is 0.228 e. The number of carbonyl (C=O) groups excluding carboxylic acids is 2. The van der Waals surface area contributed by atoms with Crippen LogP contribution in [0.1, 0.15) is 47.5 Å². The molecular formula is C23H25N5O2S. The Balaban J connectivity index is 1.32. The molecule has 2 aliphatic rings. The van der Waals surface area contributed by atoms with E-state index in [1.54, 1.807) is 22.6 Å². The summed E-state index contributed by atoms with van der Waals surface area (Å²) in [4.78, 5) is 29.0. The van der Waals surface area contributed by atoms with Crippen LogP contribution in [-0.2, 0) is 16.1 Å². The van der Waals surface area contributed by atoms with Gasteiger partial charge in [-0.2, -0.15) is 0 Å². The first-order valence-corrected chi connectivity index (χ1v) is 11.6. The number of anilines is 1. The fourth-order valence-corrected chi connectivity index (χ4v) is 5.17. The molecule has 3 aromatic rings. The second-order valence-electron chi connectivity index (χ2n) is 8.32. The van der Waals surface area contributed by atoms with Crippen molar-refractivity contribution in [1.29, 1.82) is 0 Å². The van der Waals surface area contributed by atoms with Crippen molar-refractivity contribution >= 4 is 28.8 Å². The Morgan fingerprint density at radius 3 is 2.74 bits per heavy atom. The van der Waals surface area contributed by atoms with Crippen LogP contribution >= 0.6 is 11.3 Å². The Labute approximate surface area is 185 Å². The minimum Gasteiger partial charge on any atom is -0.354 e. The molecule has 1 aliphatic carbocycles. The van der Waals surface area contributed by atoms with E-state index in [9.17, 15) is 9.59 Å². The molecule has 2 fully saturated rings. The highest BCUT2D eigenvalue weighted by molar-refractivity contribution is 7.10. The van der Waals surface area contributed by atoms with E-state index in [1.165, 1.54) is 0 Å². The molecule has 5 rings (SSSR count). The molecule has 2 atom stereocenters. The summed E-state index contributed by atoms with van der Waals surface area (Å²) in [6, 6.07) is 11.6. The molecule has 1 saturated heterocycles.